The van der Waals surface area contributed by atoms with E-state index in [2.05, 4.69) is 150 Å². The van der Waals surface area contributed by atoms with Crippen LogP contribution in [0.3, 0.4) is 0 Å². The highest BCUT2D eigenvalue weighted by Crippen LogP contribution is 2.43. The van der Waals surface area contributed by atoms with E-state index in [0.29, 0.717) is 5.82 Å². The molecule has 0 bridgehead atoms. The van der Waals surface area contributed by atoms with E-state index in [1.54, 1.807) is 0 Å². The maximum absolute atomic E-state index is 13.4. The number of nitrogens with zero attached hydrogens (tertiary/aromatic N) is 3. The number of hydrogen-bond donors (Lipinski definition) is 0. The lowest BCUT2D eigenvalue weighted by Crippen LogP contribution is -1.96. The molecule has 11 rings (SSSR count). The van der Waals surface area contributed by atoms with E-state index in [1.165, 1.54) is 10.8 Å². The van der Waals surface area contributed by atoms with Gasteiger partial charge in [0, 0.05) is 33.2 Å². The van der Waals surface area contributed by atoms with E-state index in [1.807, 2.05) is 54.6 Å². The van der Waals surface area contributed by atoms with Crippen molar-refractivity contribution in [3.63, 3.8) is 0 Å². The summed E-state index contributed by atoms with van der Waals surface area (Å²) in [6, 6.07) is 69.6. The molecule has 57 heavy (non-hydrogen) atoms. The lowest BCUT2D eigenvalue weighted by atomic mass is 10.00. The van der Waals surface area contributed by atoms with E-state index >= 15 is 0 Å². The van der Waals surface area contributed by atoms with Crippen molar-refractivity contribution in [1.29, 1.82) is 0 Å². The van der Waals surface area contributed by atoms with Crippen LogP contribution in [0.2, 0.25) is 0 Å². The first-order valence-corrected chi connectivity index (χ1v) is 20.2. The molecule has 0 N–H and O–H groups in total. The molecule has 0 saturated carbocycles. The summed E-state index contributed by atoms with van der Waals surface area (Å²) >= 11 is 0. The Balaban J connectivity index is 0.963. The highest BCUT2D eigenvalue weighted by molar-refractivity contribution is 7.85. The van der Waals surface area contributed by atoms with E-state index in [4.69, 9.17) is 9.97 Å². The van der Waals surface area contributed by atoms with Crippen LogP contribution in [0.25, 0.3) is 94.8 Å². The van der Waals surface area contributed by atoms with E-state index in [-0.39, 0.29) is 0 Å². The van der Waals surface area contributed by atoms with Crippen molar-refractivity contribution >= 4 is 32.6 Å². The summed E-state index contributed by atoms with van der Waals surface area (Å²) in [4.78, 5) is 11.9. The summed E-state index contributed by atoms with van der Waals surface area (Å²) in [5.41, 5.74) is 14.7. The van der Waals surface area contributed by atoms with Crippen LogP contribution in [0.15, 0.2) is 210 Å². The predicted octanol–water partition coefficient (Wildman–Crippen LogP) is 13.1. The largest absolute Gasteiger partial charge is 0.309 e. The van der Waals surface area contributed by atoms with Gasteiger partial charge in [-0.15, -0.1) is 0 Å². The molecule has 5 heteroatoms. The number of benzene rings is 8. The number of fused-ring (bicyclic) bond motifs is 6. The highest BCUT2D eigenvalue weighted by Gasteiger charge is 2.25. The zero-order valence-electron chi connectivity index (χ0n) is 30.7. The van der Waals surface area contributed by atoms with E-state index < -0.39 is 10.8 Å². The molecular weight excluding hydrogens is 715 g/mol. The van der Waals surface area contributed by atoms with Gasteiger partial charge in [0.05, 0.1) is 43.0 Å². The van der Waals surface area contributed by atoms with Gasteiger partial charge in [0.1, 0.15) is 0 Å². The molecule has 0 saturated heterocycles. The summed E-state index contributed by atoms with van der Waals surface area (Å²) < 4.78 is 15.7. The molecule has 0 radical (unpaired) electrons. The Kier molecular flexibility index (Phi) is 7.86. The van der Waals surface area contributed by atoms with Gasteiger partial charge >= 0.3 is 0 Å². The number of aromatic nitrogens is 3. The first kappa shape index (κ1) is 33.2. The van der Waals surface area contributed by atoms with Crippen molar-refractivity contribution in [2.75, 3.05) is 0 Å². The van der Waals surface area contributed by atoms with Crippen molar-refractivity contribution in [1.82, 2.24) is 14.5 Å². The van der Waals surface area contributed by atoms with Crippen molar-refractivity contribution in [3.05, 3.63) is 200 Å². The molecular formula is C52H33N3OS. The Morgan fingerprint density at radius 3 is 1.70 bits per heavy atom. The van der Waals surface area contributed by atoms with Crippen molar-refractivity contribution in [3.8, 4) is 73.0 Å². The third kappa shape index (κ3) is 5.71. The quantitative estimate of drug-likeness (QED) is 0.170. The molecule has 1 unspecified atom stereocenters. The molecule has 1 atom stereocenters. The van der Waals surface area contributed by atoms with Crippen molar-refractivity contribution < 1.29 is 4.21 Å². The molecule has 3 heterocycles. The van der Waals surface area contributed by atoms with Crippen LogP contribution in [0, 0.1) is 0 Å². The fraction of sp³-hybridized carbons (Fsp3) is 0. The zero-order chi connectivity index (χ0) is 37.9. The third-order valence-corrected chi connectivity index (χ3v) is 12.5. The monoisotopic (exact) mass is 747 g/mol. The van der Waals surface area contributed by atoms with Gasteiger partial charge in [0.2, 0.25) is 0 Å². The van der Waals surface area contributed by atoms with Crippen molar-refractivity contribution in [2.45, 2.75) is 9.79 Å². The molecule has 2 aromatic heterocycles. The third-order valence-electron chi connectivity index (χ3n) is 11.0. The second-order valence-electron chi connectivity index (χ2n) is 14.4. The lowest BCUT2D eigenvalue weighted by Gasteiger charge is -2.11. The molecule has 1 aliphatic heterocycles. The van der Waals surface area contributed by atoms with Gasteiger partial charge in [0.25, 0.3) is 0 Å². The molecule has 0 aliphatic carbocycles. The molecule has 0 fully saturated rings. The molecule has 10 aromatic rings. The van der Waals surface area contributed by atoms with Gasteiger partial charge in [0.15, 0.2) is 5.82 Å². The minimum absolute atomic E-state index is 0.691. The van der Waals surface area contributed by atoms with E-state index in [9.17, 15) is 4.21 Å². The first-order chi connectivity index (χ1) is 28.2. The maximum Gasteiger partial charge on any atom is 0.160 e. The SMILES string of the molecule is O=S1c2ccccc2-c2ccc(-c3ccc(-n4c5ccccc5c5cc(-c6cccc(-c7nc(-c8ccccc8)cc(-c8ccccc8)n7)c6)ccc54)cc3)cc21. The van der Waals surface area contributed by atoms with E-state index in [0.717, 1.165) is 88.0 Å². The summed E-state index contributed by atoms with van der Waals surface area (Å²) in [6.07, 6.45) is 0. The van der Waals surface area contributed by atoms with Gasteiger partial charge in [-0.1, -0.05) is 146 Å². The fourth-order valence-electron chi connectivity index (χ4n) is 8.21. The first-order valence-electron chi connectivity index (χ1n) is 19.1. The summed E-state index contributed by atoms with van der Waals surface area (Å²) in [7, 11) is -1.17. The van der Waals surface area contributed by atoms with Crippen LogP contribution in [-0.4, -0.2) is 18.7 Å². The molecule has 8 aromatic carbocycles. The number of hydrogen-bond acceptors (Lipinski definition) is 3. The number of rotatable bonds is 6. The zero-order valence-corrected chi connectivity index (χ0v) is 31.5. The minimum atomic E-state index is -1.17. The van der Waals surface area contributed by atoms with Gasteiger partial charge in [-0.2, -0.15) is 0 Å². The average Bonchev–Trinajstić information content (AvgIpc) is 3.77. The molecule has 1 aliphatic rings. The normalized spacial score (nSPS) is 13.2. The second kappa shape index (κ2) is 13.5. The Morgan fingerprint density at radius 2 is 0.930 bits per heavy atom. The smallest absolute Gasteiger partial charge is 0.160 e. The van der Waals surface area contributed by atoms with Gasteiger partial charge in [-0.05, 0) is 88.0 Å². The Morgan fingerprint density at radius 1 is 0.368 bits per heavy atom. The Bertz CT molecular complexity index is 3130. The summed E-state index contributed by atoms with van der Waals surface area (Å²) in [5, 5.41) is 2.38. The number of para-hydroxylation sites is 1. The van der Waals surface area contributed by atoms with Gasteiger partial charge < -0.3 is 4.57 Å². The molecule has 0 spiro atoms. The Hall–Kier alpha value is -7.21. The summed E-state index contributed by atoms with van der Waals surface area (Å²) in [6.45, 7) is 0. The summed E-state index contributed by atoms with van der Waals surface area (Å²) in [5.74, 6) is 0.691. The minimum Gasteiger partial charge on any atom is -0.309 e. The van der Waals surface area contributed by atoms with Crippen LogP contribution in [0.5, 0.6) is 0 Å². The molecule has 0 amide bonds. The topological polar surface area (TPSA) is 47.8 Å². The fourth-order valence-corrected chi connectivity index (χ4v) is 9.64. The lowest BCUT2D eigenvalue weighted by molar-refractivity contribution is 0.685. The average molecular weight is 748 g/mol. The van der Waals surface area contributed by atoms with Crippen LogP contribution in [-0.2, 0) is 10.8 Å². The maximum atomic E-state index is 13.4. The van der Waals surface area contributed by atoms with Crippen LogP contribution >= 0.6 is 0 Å². The van der Waals surface area contributed by atoms with Gasteiger partial charge in [-0.3, -0.25) is 0 Å². The van der Waals surface area contributed by atoms with Crippen LogP contribution in [0.4, 0.5) is 0 Å². The predicted molar refractivity (Wildman–Crippen MR) is 234 cm³/mol. The molecule has 4 nitrogen and oxygen atoms in total. The van der Waals surface area contributed by atoms with Crippen LogP contribution in [0.1, 0.15) is 0 Å². The Labute approximate surface area is 332 Å². The highest BCUT2D eigenvalue weighted by atomic mass is 32.2. The van der Waals surface area contributed by atoms with Gasteiger partial charge in [-0.25, -0.2) is 14.2 Å². The molecule has 268 valence electrons. The second-order valence-corrected chi connectivity index (χ2v) is 15.8. The standard InChI is InChI=1S/C52H33N3OS/c56-57-50-21-10-8-19-43(50)44-28-24-39(32-51(44)57)34-22-26-41(27-23-34)55-48-20-9-7-18-42(48)45-31-38(25-29-49(45)55)37-16-11-17-40(30-37)52-53-46(35-12-3-1-4-13-35)33-47(54-52)36-14-5-2-6-15-36/h1-33H. The van der Waals surface area contributed by atoms with Crippen LogP contribution < -0.4 is 0 Å². The van der Waals surface area contributed by atoms with Crippen molar-refractivity contribution in [2.24, 2.45) is 0 Å².